The number of pyridine rings is 1. The number of aromatic nitrogens is 2. The van der Waals surface area contributed by atoms with Gasteiger partial charge in [0.2, 0.25) is 0 Å². The van der Waals surface area contributed by atoms with E-state index >= 15 is 0 Å². The van der Waals surface area contributed by atoms with E-state index in [9.17, 15) is 0 Å². The standard InChI is InChI=1S/C14H8BrN3/c15-12-3-1-11(2-4-12)14-8-13-7-10(9-16)5-6-18(13)17-14/h1-8H. The van der Waals surface area contributed by atoms with Crippen LogP contribution in [0.4, 0.5) is 0 Å². The number of fused-ring (bicyclic) bond motifs is 1. The molecule has 0 spiro atoms. The normalized spacial score (nSPS) is 10.4. The van der Waals surface area contributed by atoms with E-state index in [1.54, 1.807) is 16.8 Å². The van der Waals surface area contributed by atoms with E-state index in [2.05, 4.69) is 27.1 Å². The van der Waals surface area contributed by atoms with Crippen molar-refractivity contribution in [2.24, 2.45) is 0 Å². The van der Waals surface area contributed by atoms with Crippen molar-refractivity contribution in [3.05, 3.63) is 58.7 Å². The third kappa shape index (κ3) is 1.89. The van der Waals surface area contributed by atoms with Gasteiger partial charge in [-0.05, 0) is 30.3 Å². The third-order valence-electron chi connectivity index (χ3n) is 2.73. The number of hydrogen-bond acceptors (Lipinski definition) is 2. The lowest BCUT2D eigenvalue weighted by atomic mass is 10.1. The van der Waals surface area contributed by atoms with Gasteiger partial charge < -0.3 is 0 Å². The molecule has 0 unspecified atom stereocenters. The molecule has 86 valence electrons. The molecule has 0 bridgehead atoms. The summed E-state index contributed by atoms with van der Waals surface area (Å²) in [7, 11) is 0. The number of nitriles is 1. The van der Waals surface area contributed by atoms with Crippen molar-refractivity contribution >= 4 is 21.4 Å². The van der Waals surface area contributed by atoms with Crippen LogP contribution in [0.25, 0.3) is 16.8 Å². The first-order chi connectivity index (χ1) is 8.76. The average molecular weight is 298 g/mol. The Morgan fingerprint density at radius 3 is 2.61 bits per heavy atom. The van der Waals surface area contributed by atoms with Gasteiger partial charge in [-0.3, -0.25) is 0 Å². The first-order valence-electron chi connectivity index (χ1n) is 5.42. The van der Waals surface area contributed by atoms with Crippen molar-refractivity contribution in [3.8, 4) is 17.3 Å². The summed E-state index contributed by atoms with van der Waals surface area (Å²) in [6.45, 7) is 0. The predicted octanol–water partition coefficient (Wildman–Crippen LogP) is 3.64. The summed E-state index contributed by atoms with van der Waals surface area (Å²) in [6, 6.07) is 15.7. The summed E-state index contributed by atoms with van der Waals surface area (Å²) in [5.74, 6) is 0. The van der Waals surface area contributed by atoms with E-state index in [0.717, 1.165) is 21.2 Å². The third-order valence-corrected chi connectivity index (χ3v) is 3.26. The Morgan fingerprint density at radius 2 is 1.89 bits per heavy atom. The number of hydrogen-bond donors (Lipinski definition) is 0. The molecule has 0 radical (unpaired) electrons. The molecule has 0 saturated carbocycles. The Bertz CT molecular complexity index is 751. The molecule has 0 aliphatic carbocycles. The second kappa shape index (κ2) is 4.28. The SMILES string of the molecule is N#Cc1ccn2nc(-c3ccc(Br)cc3)cc2c1. The molecule has 1 aromatic carbocycles. The summed E-state index contributed by atoms with van der Waals surface area (Å²) in [5, 5.41) is 13.3. The summed E-state index contributed by atoms with van der Waals surface area (Å²) in [5.41, 5.74) is 3.52. The van der Waals surface area contributed by atoms with Crippen LogP contribution in [0.1, 0.15) is 5.56 Å². The molecular weight excluding hydrogens is 290 g/mol. The molecule has 0 N–H and O–H groups in total. The predicted molar refractivity (Wildman–Crippen MR) is 73.0 cm³/mol. The molecule has 0 saturated heterocycles. The summed E-state index contributed by atoms with van der Waals surface area (Å²) in [6.07, 6.45) is 1.80. The lowest BCUT2D eigenvalue weighted by Gasteiger charge is -1.95. The Balaban J connectivity index is 2.13. The highest BCUT2D eigenvalue weighted by molar-refractivity contribution is 9.10. The van der Waals surface area contributed by atoms with Crippen LogP contribution in [0.2, 0.25) is 0 Å². The van der Waals surface area contributed by atoms with Crippen LogP contribution in [-0.2, 0) is 0 Å². The molecule has 0 fully saturated rings. The fourth-order valence-corrected chi connectivity index (χ4v) is 2.09. The largest absolute Gasteiger partial charge is 0.240 e. The lowest BCUT2D eigenvalue weighted by Crippen LogP contribution is -1.87. The molecule has 0 aliphatic rings. The topological polar surface area (TPSA) is 41.1 Å². The van der Waals surface area contributed by atoms with Crippen LogP contribution in [0.15, 0.2) is 53.1 Å². The summed E-state index contributed by atoms with van der Waals surface area (Å²) >= 11 is 3.41. The summed E-state index contributed by atoms with van der Waals surface area (Å²) < 4.78 is 2.82. The molecule has 2 heterocycles. The van der Waals surface area contributed by atoms with E-state index in [1.165, 1.54) is 0 Å². The van der Waals surface area contributed by atoms with Gasteiger partial charge in [0.15, 0.2) is 0 Å². The maximum absolute atomic E-state index is 8.87. The number of halogens is 1. The van der Waals surface area contributed by atoms with Crippen molar-refractivity contribution in [3.63, 3.8) is 0 Å². The van der Waals surface area contributed by atoms with Crippen molar-refractivity contribution in [2.45, 2.75) is 0 Å². The van der Waals surface area contributed by atoms with Crippen LogP contribution in [0.5, 0.6) is 0 Å². The smallest absolute Gasteiger partial charge is 0.0992 e. The zero-order valence-electron chi connectivity index (χ0n) is 9.34. The monoisotopic (exact) mass is 297 g/mol. The van der Waals surface area contributed by atoms with Gasteiger partial charge in [-0.1, -0.05) is 28.1 Å². The van der Waals surface area contributed by atoms with E-state index in [1.807, 2.05) is 36.4 Å². The second-order valence-corrected chi connectivity index (χ2v) is 4.85. The van der Waals surface area contributed by atoms with Crippen molar-refractivity contribution in [1.29, 1.82) is 5.26 Å². The van der Waals surface area contributed by atoms with E-state index in [-0.39, 0.29) is 0 Å². The minimum Gasteiger partial charge on any atom is -0.240 e. The van der Waals surface area contributed by atoms with Gasteiger partial charge in [0.1, 0.15) is 0 Å². The van der Waals surface area contributed by atoms with Crippen LogP contribution < -0.4 is 0 Å². The quantitative estimate of drug-likeness (QED) is 0.688. The molecule has 2 aromatic heterocycles. The van der Waals surface area contributed by atoms with Gasteiger partial charge in [-0.2, -0.15) is 10.4 Å². The molecular formula is C14H8BrN3. The Morgan fingerprint density at radius 1 is 1.11 bits per heavy atom. The van der Waals surface area contributed by atoms with Crippen LogP contribution in [0.3, 0.4) is 0 Å². The summed E-state index contributed by atoms with van der Waals surface area (Å²) in [4.78, 5) is 0. The van der Waals surface area contributed by atoms with E-state index in [4.69, 9.17) is 5.26 Å². The highest BCUT2D eigenvalue weighted by Gasteiger charge is 2.04. The average Bonchev–Trinajstić information content (AvgIpc) is 2.82. The molecule has 3 nitrogen and oxygen atoms in total. The van der Waals surface area contributed by atoms with Crippen LogP contribution in [0, 0.1) is 11.3 Å². The molecule has 3 aromatic rings. The van der Waals surface area contributed by atoms with Crippen LogP contribution in [-0.4, -0.2) is 9.61 Å². The van der Waals surface area contributed by atoms with Gasteiger partial charge in [-0.25, -0.2) is 4.52 Å². The highest BCUT2D eigenvalue weighted by atomic mass is 79.9. The first-order valence-corrected chi connectivity index (χ1v) is 6.21. The maximum Gasteiger partial charge on any atom is 0.0992 e. The molecule has 0 atom stereocenters. The molecule has 18 heavy (non-hydrogen) atoms. The minimum absolute atomic E-state index is 0.643. The Kier molecular flexibility index (Phi) is 2.62. The van der Waals surface area contributed by atoms with Crippen molar-refractivity contribution < 1.29 is 0 Å². The van der Waals surface area contributed by atoms with E-state index in [0.29, 0.717) is 5.56 Å². The molecule has 0 aliphatic heterocycles. The minimum atomic E-state index is 0.643. The Labute approximate surface area is 112 Å². The second-order valence-electron chi connectivity index (χ2n) is 3.93. The van der Waals surface area contributed by atoms with Crippen molar-refractivity contribution in [1.82, 2.24) is 9.61 Å². The number of rotatable bonds is 1. The first kappa shape index (κ1) is 11.0. The van der Waals surface area contributed by atoms with Gasteiger partial charge in [-0.15, -0.1) is 0 Å². The zero-order chi connectivity index (χ0) is 12.5. The van der Waals surface area contributed by atoms with Crippen molar-refractivity contribution in [2.75, 3.05) is 0 Å². The fourth-order valence-electron chi connectivity index (χ4n) is 1.83. The molecule has 3 rings (SSSR count). The zero-order valence-corrected chi connectivity index (χ0v) is 10.9. The van der Waals surface area contributed by atoms with E-state index < -0.39 is 0 Å². The molecule has 0 amide bonds. The fraction of sp³-hybridized carbons (Fsp3) is 0. The number of nitrogens with zero attached hydrogens (tertiary/aromatic N) is 3. The lowest BCUT2D eigenvalue weighted by molar-refractivity contribution is 0.964. The van der Waals surface area contributed by atoms with Gasteiger partial charge in [0.05, 0.1) is 22.8 Å². The number of benzene rings is 1. The van der Waals surface area contributed by atoms with Gasteiger partial charge >= 0.3 is 0 Å². The highest BCUT2D eigenvalue weighted by Crippen LogP contribution is 2.22. The van der Waals surface area contributed by atoms with Gasteiger partial charge in [0.25, 0.3) is 0 Å². The van der Waals surface area contributed by atoms with Gasteiger partial charge in [0, 0.05) is 16.2 Å². The maximum atomic E-state index is 8.87. The molecule has 4 heteroatoms. The Hall–Kier alpha value is -2.12. The van der Waals surface area contributed by atoms with Crippen LogP contribution >= 0.6 is 15.9 Å².